The van der Waals surface area contributed by atoms with E-state index in [1.807, 2.05) is 18.4 Å². The van der Waals surface area contributed by atoms with E-state index in [1.165, 1.54) is 10.4 Å². The lowest BCUT2D eigenvalue weighted by molar-refractivity contribution is -0.139. The highest BCUT2D eigenvalue weighted by Gasteiger charge is 2.25. The molecule has 2 amide bonds. The Balaban J connectivity index is 1.95. The van der Waals surface area contributed by atoms with Gasteiger partial charge >= 0.3 is 12.0 Å². The van der Waals surface area contributed by atoms with E-state index in [4.69, 9.17) is 5.11 Å². The minimum Gasteiger partial charge on any atom is -0.480 e. The minimum atomic E-state index is -0.969. The number of hydrogen-bond acceptors (Lipinski definition) is 3. The average molecular weight is 282 g/mol. The summed E-state index contributed by atoms with van der Waals surface area (Å²) in [5.74, 6) is -0.969. The molecule has 5 nitrogen and oxygen atoms in total. The van der Waals surface area contributed by atoms with E-state index in [0.717, 1.165) is 12.8 Å². The molecule has 2 rings (SSSR count). The monoisotopic (exact) mass is 282 g/mol. The van der Waals surface area contributed by atoms with Crippen molar-refractivity contribution in [3.05, 3.63) is 21.9 Å². The summed E-state index contributed by atoms with van der Waals surface area (Å²) >= 11 is 1.71. The first-order valence-corrected chi connectivity index (χ1v) is 7.33. The van der Waals surface area contributed by atoms with E-state index < -0.39 is 12.0 Å². The highest BCUT2D eigenvalue weighted by Crippen LogP contribution is 2.23. The molecule has 2 N–H and O–H groups in total. The molecular formula is C13H18N2O3S. The Morgan fingerprint density at radius 3 is 3.05 bits per heavy atom. The number of urea groups is 1. The largest absolute Gasteiger partial charge is 0.480 e. The number of amides is 2. The predicted molar refractivity (Wildman–Crippen MR) is 73.3 cm³/mol. The molecular weight excluding hydrogens is 264 g/mol. The molecule has 1 aliphatic rings. The summed E-state index contributed by atoms with van der Waals surface area (Å²) in [5, 5.41) is 13.7. The number of thiophene rings is 1. The zero-order valence-electron chi connectivity index (χ0n) is 10.9. The van der Waals surface area contributed by atoms with E-state index in [-0.39, 0.29) is 6.03 Å². The average Bonchev–Trinajstić information content (AvgIpc) is 2.85. The fourth-order valence-electron chi connectivity index (χ4n) is 2.21. The smallest absolute Gasteiger partial charge is 0.326 e. The van der Waals surface area contributed by atoms with Gasteiger partial charge in [-0.15, -0.1) is 11.3 Å². The fraction of sp³-hybridized carbons (Fsp3) is 0.538. The van der Waals surface area contributed by atoms with Crippen LogP contribution < -0.4 is 5.32 Å². The van der Waals surface area contributed by atoms with Crippen molar-refractivity contribution in [1.29, 1.82) is 0 Å². The molecule has 1 atom stereocenters. The molecule has 104 valence electrons. The SMILES string of the molecule is CCCC(NC(=O)N1CCc2sccc2C1)C(=O)O. The summed E-state index contributed by atoms with van der Waals surface area (Å²) in [7, 11) is 0. The second-order valence-electron chi connectivity index (χ2n) is 4.67. The summed E-state index contributed by atoms with van der Waals surface area (Å²) in [6.45, 7) is 3.13. The first-order valence-electron chi connectivity index (χ1n) is 6.45. The van der Waals surface area contributed by atoms with Gasteiger partial charge in [-0.05, 0) is 29.9 Å². The normalized spacial score (nSPS) is 15.7. The van der Waals surface area contributed by atoms with Gasteiger partial charge < -0.3 is 15.3 Å². The van der Waals surface area contributed by atoms with Crippen LogP contribution in [0.5, 0.6) is 0 Å². The number of aliphatic carboxylic acids is 1. The molecule has 19 heavy (non-hydrogen) atoms. The Morgan fingerprint density at radius 1 is 1.58 bits per heavy atom. The molecule has 0 bridgehead atoms. The van der Waals surface area contributed by atoms with Crippen molar-refractivity contribution >= 4 is 23.3 Å². The Bertz CT molecular complexity index is 472. The van der Waals surface area contributed by atoms with Crippen molar-refractivity contribution in [3.63, 3.8) is 0 Å². The maximum Gasteiger partial charge on any atom is 0.326 e. The molecule has 1 unspecified atom stereocenters. The van der Waals surface area contributed by atoms with Gasteiger partial charge in [-0.3, -0.25) is 0 Å². The van der Waals surface area contributed by atoms with E-state index in [0.29, 0.717) is 19.5 Å². The van der Waals surface area contributed by atoms with Gasteiger partial charge in [-0.25, -0.2) is 9.59 Å². The lowest BCUT2D eigenvalue weighted by Crippen LogP contribution is -2.49. The number of carboxylic acids is 1. The van der Waals surface area contributed by atoms with Crippen molar-refractivity contribution < 1.29 is 14.7 Å². The van der Waals surface area contributed by atoms with Crippen molar-refractivity contribution in [2.75, 3.05) is 6.54 Å². The van der Waals surface area contributed by atoms with Gasteiger partial charge in [-0.1, -0.05) is 13.3 Å². The number of nitrogens with one attached hydrogen (secondary N) is 1. The van der Waals surface area contributed by atoms with Gasteiger partial charge in [0.05, 0.1) is 0 Å². The van der Waals surface area contributed by atoms with Crippen molar-refractivity contribution in [1.82, 2.24) is 10.2 Å². The number of carbonyl (C=O) groups excluding carboxylic acids is 1. The highest BCUT2D eigenvalue weighted by molar-refractivity contribution is 7.10. The fourth-order valence-corrected chi connectivity index (χ4v) is 3.10. The molecule has 0 fully saturated rings. The standard InChI is InChI=1S/C13H18N2O3S/c1-2-3-10(12(16)17)14-13(18)15-6-4-11-9(8-15)5-7-19-11/h5,7,10H,2-4,6,8H2,1H3,(H,14,18)(H,16,17). The van der Waals surface area contributed by atoms with Gasteiger partial charge in [0, 0.05) is 18.0 Å². The topological polar surface area (TPSA) is 69.6 Å². The molecule has 0 saturated heterocycles. The first-order chi connectivity index (χ1) is 9.11. The third kappa shape index (κ3) is 3.26. The van der Waals surface area contributed by atoms with Gasteiger partial charge in [0.1, 0.15) is 6.04 Å². The Labute approximate surface area is 116 Å². The van der Waals surface area contributed by atoms with Crippen LogP contribution in [-0.4, -0.2) is 34.6 Å². The first kappa shape index (κ1) is 13.9. The molecule has 0 radical (unpaired) electrons. The molecule has 6 heteroatoms. The van der Waals surface area contributed by atoms with Crippen LogP contribution in [0.2, 0.25) is 0 Å². The minimum absolute atomic E-state index is 0.280. The summed E-state index contributed by atoms with van der Waals surface area (Å²) in [5.41, 5.74) is 1.17. The second kappa shape index (κ2) is 6.06. The predicted octanol–water partition coefficient (Wildman–Crippen LogP) is 2.07. The van der Waals surface area contributed by atoms with Crippen LogP contribution in [-0.2, 0) is 17.8 Å². The van der Waals surface area contributed by atoms with Gasteiger partial charge in [0.25, 0.3) is 0 Å². The Kier molecular flexibility index (Phi) is 4.42. The Morgan fingerprint density at radius 2 is 2.37 bits per heavy atom. The molecule has 1 aromatic heterocycles. The van der Waals surface area contributed by atoms with Gasteiger partial charge in [0.2, 0.25) is 0 Å². The quantitative estimate of drug-likeness (QED) is 0.888. The highest BCUT2D eigenvalue weighted by atomic mass is 32.1. The van der Waals surface area contributed by atoms with E-state index in [9.17, 15) is 9.59 Å². The van der Waals surface area contributed by atoms with E-state index >= 15 is 0 Å². The van der Waals surface area contributed by atoms with Crippen LogP contribution in [0.15, 0.2) is 11.4 Å². The maximum absolute atomic E-state index is 12.1. The van der Waals surface area contributed by atoms with Gasteiger partial charge in [0.15, 0.2) is 0 Å². The lowest BCUT2D eigenvalue weighted by atomic mass is 10.1. The van der Waals surface area contributed by atoms with E-state index in [2.05, 4.69) is 5.32 Å². The van der Waals surface area contributed by atoms with Gasteiger partial charge in [-0.2, -0.15) is 0 Å². The molecule has 0 aliphatic carbocycles. The van der Waals surface area contributed by atoms with E-state index in [1.54, 1.807) is 16.2 Å². The maximum atomic E-state index is 12.1. The van der Waals surface area contributed by atoms with Crippen LogP contribution in [0.25, 0.3) is 0 Å². The van der Waals surface area contributed by atoms with Crippen LogP contribution in [0, 0.1) is 0 Å². The molecule has 1 aliphatic heterocycles. The zero-order chi connectivity index (χ0) is 13.8. The number of nitrogens with zero attached hydrogens (tertiary/aromatic N) is 1. The molecule has 0 aromatic carbocycles. The number of carbonyl (C=O) groups is 2. The second-order valence-corrected chi connectivity index (χ2v) is 5.67. The van der Waals surface area contributed by atoms with Crippen molar-refractivity contribution in [2.24, 2.45) is 0 Å². The summed E-state index contributed by atoms with van der Waals surface area (Å²) in [6.07, 6.45) is 2.04. The lowest BCUT2D eigenvalue weighted by Gasteiger charge is -2.28. The number of hydrogen-bond donors (Lipinski definition) is 2. The van der Waals surface area contributed by atoms with Crippen LogP contribution in [0.4, 0.5) is 4.79 Å². The zero-order valence-corrected chi connectivity index (χ0v) is 11.7. The van der Waals surface area contributed by atoms with Crippen molar-refractivity contribution in [3.8, 4) is 0 Å². The van der Waals surface area contributed by atoms with Crippen molar-refractivity contribution in [2.45, 2.75) is 38.8 Å². The summed E-state index contributed by atoms with van der Waals surface area (Å²) < 4.78 is 0. The van der Waals surface area contributed by atoms with Crippen LogP contribution in [0.1, 0.15) is 30.2 Å². The number of rotatable bonds is 4. The summed E-state index contributed by atoms with van der Waals surface area (Å²) in [6, 6.07) is 0.958. The molecule has 0 spiro atoms. The molecule has 2 heterocycles. The molecule has 0 saturated carbocycles. The third-order valence-corrected chi connectivity index (χ3v) is 4.29. The summed E-state index contributed by atoms with van der Waals surface area (Å²) in [4.78, 5) is 26.1. The Hall–Kier alpha value is -1.56. The number of fused-ring (bicyclic) bond motifs is 1. The van der Waals surface area contributed by atoms with Crippen LogP contribution in [0.3, 0.4) is 0 Å². The number of carboxylic acid groups (broad SMARTS) is 1. The molecule has 1 aromatic rings. The third-order valence-electron chi connectivity index (χ3n) is 3.27. The van der Waals surface area contributed by atoms with Crippen LogP contribution >= 0.6 is 11.3 Å².